The minimum atomic E-state index is -0.267. The Morgan fingerprint density at radius 1 is 0.955 bits per heavy atom. The molecule has 0 spiro atoms. The lowest BCUT2D eigenvalue weighted by Crippen LogP contribution is -2.24. The van der Waals surface area contributed by atoms with Crippen LogP contribution in [-0.4, -0.2) is 44.3 Å². The fourth-order valence-corrected chi connectivity index (χ4v) is 1.11. The van der Waals surface area contributed by atoms with Crippen molar-refractivity contribution in [1.29, 1.82) is 0 Å². The van der Waals surface area contributed by atoms with E-state index in [1.807, 2.05) is 55.5 Å². The molecule has 0 aromatic rings. The van der Waals surface area contributed by atoms with Gasteiger partial charge >= 0.3 is 0 Å². The van der Waals surface area contributed by atoms with Crippen LogP contribution in [0.4, 0.5) is 0 Å². The van der Waals surface area contributed by atoms with E-state index in [1.54, 1.807) is 0 Å². The van der Waals surface area contributed by atoms with Crippen LogP contribution in [-0.2, 0) is 14.3 Å². The molecule has 0 aliphatic carbocycles. The van der Waals surface area contributed by atoms with E-state index < -0.39 is 0 Å². The second-order valence-electron chi connectivity index (χ2n) is 5.63. The first-order valence-electron chi connectivity index (χ1n) is 8.54. The molecule has 0 amide bonds. The molecular weight excluding hydrogens is 278 g/mol. The van der Waals surface area contributed by atoms with Crippen LogP contribution in [0, 0.1) is 0 Å². The molecule has 138 valence electrons. The lowest BCUT2D eigenvalue weighted by molar-refractivity contribution is -0.113. The van der Waals surface area contributed by atoms with Crippen LogP contribution in [0.5, 0.6) is 0 Å². The highest BCUT2D eigenvalue weighted by molar-refractivity contribution is 5.51. The van der Waals surface area contributed by atoms with Crippen molar-refractivity contribution >= 4 is 6.29 Å². The summed E-state index contributed by atoms with van der Waals surface area (Å²) in [7, 11) is 1.92. The highest BCUT2D eigenvalue weighted by Crippen LogP contribution is 2.11. The van der Waals surface area contributed by atoms with Gasteiger partial charge in [0.05, 0.1) is 17.8 Å². The fourth-order valence-electron chi connectivity index (χ4n) is 1.11. The molecule has 0 saturated carbocycles. The zero-order chi connectivity index (χ0) is 18.7. The van der Waals surface area contributed by atoms with Crippen molar-refractivity contribution in [3.8, 4) is 0 Å². The van der Waals surface area contributed by atoms with Gasteiger partial charge in [0.25, 0.3) is 0 Å². The first-order chi connectivity index (χ1) is 10.2. The summed E-state index contributed by atoms with van der Waals surface area (Å²) in [5.74, 6) is 0. The molecule has 4 nitrogen and oxygen atoms in total. The van der Waals surface area contributed by atoms with Crippen LogP contribution in [0.2, 0.25) is 0 Å². The van der Waals surface area contributed by atoms with E-state index in [4.69, 9.17) is 9.47 Å². The maximum absolute atomic E-state index is 10.0. The zero-order valence-corrected chi connectivity index (χ0v) is 17.1. The predicted octanol–water partition coefficient (Wildman–Crippen LogP) is 4.46. The molecule has 0 fully saturated rings. The normalized spacial score (nSPS) is 10.1. The second-order valence-corrected chi connectivity index (χ2v) is 5.63. The van der Waals surface area contributed by atoms with Crippen molar-refractivity contribution in [2.75, 3.05) is 26.8 Å². The van der Waals surface area contributed by atoms with E-state index in [0.717, 1.165) is 19.4 Å². The molecule has 0 heterocycles. The molecule has 0 unspecified atom stereocenters. The number of nitrogens with one attached hydrogen (secondary N) is 1. The van der Waals surface area contributed by atoms with Gasteiger partial charge in [0.15, 0.2) is 0 Å². The Morgan fingerprint density at radius 2 is 1.41 bits per heavy atom. The van der Waals surface area contributed by atoms with E-state index in [0.29, 0.717) is 13.0 Å². The predicted molar refractivity (Wildman–Crippen MR) is 98.7 cm³/mol. The van der Waals surface area contributed by atoms with Gasteiger partial charge in [-0.1, -0.05) is 27.7 Å². The van der Waals surface area contributed by atoms with E-state index in [9.17, 15) is 4.79 Å². The largest absolute Gasteiger partial charge is 0.375 e. The average Bonchev–Trinajstić information content (AvgIpc) is 2.43. The van der Waals surface area contributed by atoms with Gasteiger partial charge in [-0.25, -0.2) is 0 Å². The Labute approximate surface area is 140 Å². The van der Waals surface area contributed by atoms with Crippen molar-refractivity contribution < 1.29 is 14.3 Å². The summed E-state index contributed by atoms with van der Waals surface area (Å²) in [6.07, 6.45) is 1.36. The third-order valence-corrected chi connectivity index (χ3v) is 2.00. The average molecular weight is 322 g/mol. The number of carbonyl (C=O) groups is 1. The molecular formula is C18H43NO3. The highest BCUT2D eigenvalue weighted by Gasteiger charge is 2.15. The van der Waals surface area contributed by atoms with Crippen LogP contribution in [0.3, 0.4) is 0 Å². The Morgan fingerprint density at radius 3 is 1.68 bits per heavy atom. The van der Waals surface area contributed by atoms with Crippen molar-refractivity contribution in [3.05, 3.63) is 0 Å². The van der Waals surface area contributed by atoms with Crippen molar-refractivity contribution in [2.24, 2.45) is 0 Å². The number of carbonyl (C=O) groups excluding carboxylic acids is 1. The summed E-state index contributed by atoms with van der Waals surface area (Å²) in [6, 6.07) is 0. The Balaban J connectivity index is -0.000000120. The molecule has 0 aliphatic rings. The smallest absolute Gasteiger partial charge is 0.122 e. The SMILES string of the molecule is CC.CC.CCOC(C)(C)CC=O.CNCCOC(C)(C)C. The third kappa shape index (κ3) is 36.6. The van der Waals surface area contributed by atoms with Gasteiger partial charge in [0.1, 0.15) is 6.29 Å². The monoisotopic (exact) mass is 321 g/mol. The van der Waals surface area contributed by atoms with E-state index in [-0.39, 0.29) is 11.2 Å². The van der Waals surface area contributed by atoms with Gasteiger partial charge in [0, 0.05) is 19.6 Å². The topological polar surface area (TPSA) is 47.6 Å². The maximum Gasteiger partial charge on any atom is 0.122 e. The second kappa shape index (κ2) is 20.6. The van der Waals surface area contributed by atoms with Crippen LogP contribution in [0.25, 0.3) is 0 Å². The molecule has 0 atom stereocenters. The number of likely N-dealkylation sites (N-methyl/N-ethyl adjacent to an activating group) is 1. The molecule has 0 aromatic carbocycles. The van der Waals surface area contributed by atoms with Gasteiger partial charge in [-0.2, -0.15) is 0 Å². The summed E-state index contributed by atoms with van der Waals surface area (Å²) >= 11 is 0. The summed E-state index contributed by atoms with van der Waals surface area (Å²) in [6.45, 7) is 22.3. The zero-order valence-electron chi connectivity index (χ0n) is 17.1. The van der Waals surface area contributed by atoms with Gasteiger partial charge in [-0.3, -0.25) is 0 Å². The molecule has 0 radical (unpaired) electrons. The van der Waals surface area contributed by atoms with E-state index in [1.165, 1.54) is 0 Å². The van der Waals surface area contributed by atoms with E-state index >= 15 is 0 Å². The van der Waals surface area contributed by atoms with Gasteiger partial charge in [-0.05, 0) is 48.6 Å². The molecule has 22 heavy (non-hydrogen) atoms. The van der Waals surface area contributed by atoms with Crippen LogP contribution in [0.1, 0.15) is 75.7 Å². The van der Waals surface area contributed by atoms with Gasteiger partial charge < -0.3 is 19.6 Å². The third-order valence-electron chi connectivity index (χ3n) is 2.00. The minimum absolute atomic E-state index is 0.0108. The van der Waals surface area contributed by atoms with Crippen LogP contribution in [0.15, 0.2) is 0 Å². The molecule has 0 aliphatic heterocycles. The molecule has 0 bridgehead atoms. The number of rotatable bonds is 7. The van der Waals surface area contributed by atoms with E-state index in [2.05, 4.69) is 26.1 Å². The molecule has 0 aromatic heterocycles. The first kappa shape index (κ1) is 29.5. The van der Waals surface area contributed by atoms with Crippen LogP contribution >= 0.6 is 0 Å². The first-order valence-corrected chi connectivity index (χ1v) is 8.54. The Hall–Kier alpha value is -0.450. The Kier molecular flexibility index (Phi) is 27.6. The fraction of sp³-hybridized carbons (Fsp3) is 0.944. The molecule has 4 heteroatoms. The molecule has 1 N–H and O–H groups in total. The number of hydrogen-bond donors (Lipinski definition) is 1. The summed E-state index contributed by atoms with van der Waals surface area (Å²) < 4.78 is 10.6. The lowest BCUT2D eigenvalue weighted by Gasteiger charge is -2.21. The van der Waals surface area contributed by atoms with Gasteiger partial charge in [-0.15, -0.1) is 0 Å². The summed E-state index contributed by atoms with van der Waals surface area (Å²) in [5, 5.41) is 3.02. The number of ether oxygens (including phenoxy) is 2. The lowest BCUT2D eigenvalue weighted by atomic mass is 10.1. The summed E-state index contributed by atoms with van der Waals surface area (Å²) in [5.41, 5.74) is -0.257. The number of hydrogen-bond acceptors (Lipinski definition) is 4. The minimum Gasteiger partial charge on any atom is -0.375 e. The standard InChI is InChI=1S/C7H17NO.C7H14O2.2C2H6/c1-7(2,3)9-6-5-8-4;1-4-9-7(2,3)5-6-8;2*1-2/h8H,5-6H2,1-4H3;6H,4-5H2,1-3H3;2*1-2H3. The van der Waals surface area contributed by atoms with Crippen molar-refractivity contribution in [1.82, 2.24) is 5.32 Å². The molecule has 0 saturated heterocycles. The van der Waals surface area contributed by atoms with Crippen LogP contribution < -0.4 is 5.32 Å². The maximum atomic E-state index is 10.0. The van der Waals surface area contributed by atoms with Crippen molar-refractivity contribution in [2.45, 2.75) is 86.9 Å². The quantitative estimate of drug-likeness (QED) is 0.555. The number of aldehydes is 1. The van der Waals surface area contributed by atoms with Gasteiger partial charge in [0.2, 0.25) is 0 Å². The summed E-state index contributed by atoms with van der Waals surface area (Å²) in [4.78, 5) is 10.0. The Bertz CT molecular complexity index is 199. The highest BCUT2D eigenvalue weighted by atomic mass is 16.5. The van der Waals surface area contributed by atoms with Crippen molar-refractivity contribution in [3.63, 3.8) is 0 Å². The molecule has 0 rings (SSSR count).